The van der Waals surface area contributed by atoms with Crippen LogP contribution >= 0.6 is 11.1 Å². The number of carboxylic acids is 1. The number of nitrogen functional groups attached to an aromatic ring is 2. The van der Waals surface area contributed by atoms with Gasteiger partial charge in [-0.05, 0) is 49.7 Å². The van der Waals surface area contributed by atoms with Gasteiger partial charge in [0.2, 0.25) is 5.95 Å². The van der Waals surface area contributed by atoms with Gasteiger partial charge in [-0.15, -0.1) is 11.1 Å². The van der Waals surface area contributed by atoms with E-state index in [-0.39, 0.29) is 42.7 Å². The van der Waals surface area contributed by atoms with Gasteiger partial charge in [0.05, 0.1) is 23.5 Å². The van der Waals surface area contributed by atoms with E-state index in [9.17, 15) is 19.5 Å². The smallest absolute Gasteiger partial charge is 0.341 e. The number of fused-ring (bicyclic) bond motifs is 1. The fourth-order valence-corrected chi connectivity index (χ4v) is 6.12. The number of hydrogen-bond donors (Lipinski definition) is 5. The summed E-state index contributed by atoms with van der Waals surface area (Å²) < 4.78 is 15.1. The number of aryl methyl sites for hydroxylation is 2. The molecule has 1 aliphatic rings. The Morgan fingerprint density at radius 1 is 1.14 bits per heavy atom. The van der Waals surface area contributed by atoms with Crippen LogP contribution in [0.4, 0.5) is 11.8 Å². The molecule has 1 unspecified atom stereocenters. The lowest BCUT2D eigenvalue weighted by atomic mass is 10.1. The van der Waals surface area contributed by atoms with Crippen LogP contribution < -0.4 is 16.2 Å². The van der Waals surface area contributed by atoms with Crippen molar-refractivity contribution < 1.29 is 29.0 Å². The number of allylic oxidation sites excluding steroid dienone is 3. The molecule has 0 amide bonds. The zero-order valence-corrected chi connectivity index (χ0v) is 21.4. The number of hydrogen-bond acceptors (Lipinski definition) is 10. The van der Waals surface area contributed by atoms with E-state index in [0.717, 1.165) is 10.5 Å². The van der Waals surface area contributed by atoms with Gasteiger partial charge in [-0.1, -0.05) is 6.08 Å². The number of nitrogens with two attached hydrogens (primary N) is 2. The zero-order chi connectivity index (χ0) is 26.4. The van der Waals surface area contributed by atoms with E-state index < -0.39 is 35.0 Å². The second kappa shape index (κ2) is 11.9. The lowest BCUT2D eigenvalue weighted by Crippen LogP contribution is -2.37. The molecule has 3 heterocycles. The molecule has 36 heavy (non-hydrogen) atoms. The van der Waals surface area contributed by atoms with E-state index in [1.54, 1.807) is 26.0 Å². The third-order valence-electron chi connectivity index (χ3n) is 5.57. The molecule has 13 heteroatoms. The first-order valence-electron chi connectivity index (χ1n) is 11.6. The average molecular weight is 521 g/mol. The van der Waals surface area contributed by atoms with Crippen LogP contribution in [0.3, 0.4) is 0 Å². The molecule has 12 nitrogen and oxygen atoms in total. The van der Waals surface area contributed by atoms with Crippen molar-refractivity contribution in [2.75, 3.05) is 24.7 Å². The summed E-state index contributed by atoms with van der Waals surface area (Å²) in [5, 5.41) is 10.5. The third kappa shape index (κ3) is 6.15. The lowest BCUT2D eigenvalue weighted by Gasteiger charge is -2.28. The molecular formula is C23H32N6O6S. The number of nitrogens with one attached hydrogen (secondary N) is 1. The maximum atomic E-state index is 12.6. The second-order valence-corrected chi connectivity index (χ2v) is 10.0. The van der Waals surface area contributed by atoms with Crippen LogP contribution in [0.1, 0.15) is 38.7 Å². The number of rotatable bonds is 12. The molecule has 3 rings (SSSR count). The molecule has 2 aromatic rings. The molecule has 2 atom stereocenters. The Morgan fingerprint density at radius 2 is 1.86 bits per heavy atom. The normalized spacial score (nSPS) is 16.9. The summed E-state index contributed by atoms with van der Waals surface area (Å²) in [7, 11) is 1.83. The Morgan fingerprint density at radius 3 is 2.53 bits per heavy atom. The zero-order valence-electron chi connectivity index (χ0n) is 20.5. The van der Waals surface area contributed by atoms with Gasteiger partial charge in [0.15, 0.2) is 0 Å². The summed E-state index contributed by atoms with van der Waals surface area (Å²) in [6.45, 7) is 3.78. The number of carbonyl (C=O) groups is 3. The number of thiol groups is 1. The quantitative estimate of drug-likeness (QED) is 0.203. The fraction of sp³-hybridized carbons (Fsp3) is 0.435. The van der Waals surface area contributed by atoms with Crippen LogP contribution in [0.2, 0.25) is 0 Å². The summed E-state index contributed by atoms with van der Waals surface area (Å²) in [4.78, 5) is 45.8. The topological polar surface area (TPSA) is 185 Å². The molecule has 1 aliphatic heterocycles. The molecule has 0 radical (unpaired) electrons. The number of aliphatic carboxylic acids is 1. The van der Waals surface area contributed by atoms with Crippen molar-refractivity contribution in [2.45, 2.75) is 45.6 Å². The van der Waals surface area contributed by atoms with Gasteiger partial charge in [0, 0.05) is 19.7 Å². The molecule has 0 spiro atoms. The molecule has 0 aliphatic carbocycles. The number of esters is 2. The fourth-order valence-electron chi connectivity index (χ4n) is 3.98. The molecule has 6 N–H and O–H groups in total. The first-order chi connectivity index (χ1) is 17.2. The highest BCUT2D eigenvalue weighted by Gasteiger charge is 2.30. The van der Waals surface area contributed by atoms with Gasteiger partial charge < -0.3 is 30.6 Å². The monoisotopic (exact) mass is 520 g/mol. The van der Waals surface area contributed by atoms with Crippen molar-refractivity contribution >= 4 is 51.8 Å². The van der Waals surface area contributed by atoms with Crippen LogP contribution in [0, 0.1) is 0 Å². The van der Waals surface area contributed by atoms with E-state index in [4.69, 9.17) is 20.9 Å². The summed E-state index contributed by atoms with van der Waals surface area (Å²) in [5.41, 5.74) is 13.3. The largest absolute Gasteiger partial charge is 0.477 e. The number of carboxylic acid groups (broad SMARTS) is 1. The van der Waals surface area contributed by atoms with Gasteiger partial charge in [0.1, 0.15) is 17.5 Å². The van der Waals surface area contributed by atoms with Crippen LogP contribution in [-0.4, -0.2) is 56.8 Å². The molecule has 2 aromatic heterocycles. The minimum Gasteiger partial charge on any atom is -0.477 e. The summed E-state index contributed by atoms with van der Waals surface area (Å²) >= 11 is -1.55. The minimum atomic E-state index is -1.55. The van der Waals surface area contributed by atoms with Crippen LogP contribution in [0.25, 0.3) is 11.0 Å². The number of ether oxygens (including phenoxy) is 2. The maximum Gasteiger partial charge on any atom is 0.341 e. The summed E-state index contributed by atoms with van der Waals surface area (Å²) in [6.07, 6.45) is 6.36. The average Bonchev–Trinajstić information content (AvgIpc) is 3.36. The van der Waals surface area contributed by atoms with Crippen LogP contribution in [-0.2, 0) is 37.3 Å². The van der Waals surface area contributed by atoms with E-state index in [2.05, 4.69) is 14.7 Å². The van der Waals surface area contributed by atoms with Crippen molar-refractivity contribution in [3.05, 3.63) is 33.7 Å². The number of carbonyl (C=O) groups excluding carboxylic acids is 2. The molecule has 0 fully saturated rings. The highest BCUT2D eigenvalue weighted by molar-refractivity contribution is 8.23. The first kappa shape index (κ1) is 27.0. The van der Waals surface area contributed by atoms with Gasteiger partial charge in [-0.2, -0.15) is 9.97 Å². The predicted molar refractivity (Wildman–Crippen MR) is 138 cm³/mol. The van der Waals surface area contributed by atoms with Gasteiger partial charge in [-0.25, -0.2) is 4.79 Å². The molecule has 0 bridgehead atoms. The van der Waals surface area contributed by atoms with Crippen molar-refractivity contribution in [1.29, 1.82) is 0 Å². The van der Waals surface area contributed by atoms with Gasteiger partial charge >= 0.3 is 17.9 Å². The van der Waals surface area contributed by atoms with Crippen molar-refractivity contribution in [3.63, 3.8) is 0 Å². The number of aromatic nitrogens is 3. The van der Waals surface area contributed by atoms with E-state index in [0.29, 0.717) is 23.9 Å². The van der Waals surface area contributed by atoms with Crippen LogP contribution in [0.15, 0.2) is 28.2 Å². The second-order valence-electron chi connectivity index (χ2n) is 8.06. The highest BCUT2D eigenvalue weighted by Crippen LogP contribution is 2.47. The molecular weight excluding hydrogens is 488 g/mol. The Hall–Kier alpha value is -3.58. The van der Waals surface area contributed by atoms with E-state index in [1.807, 2.05) is 17.8 Å². The van der Waals surface area contributed by atoms with E-state index >= 15 is 0 Å². The highest BCUT2D eigenvalue weighted by atomic mass is 32.2. The summed E-state index contributed by atoms with van der Waals surface area (Å²) in [5.74, 6) is -1.70. The SMILES string of the molecule is CCOC(=O)CC[C@@H](N[SH]1C(CCc2cn(C)c3nc(N)nc(N)c23)=CC=C1C(=O)O)C(=O)OCC. The standard InChI is InChI=1S/C23H32N6O6S/c1-4-34-17(30)11-9-15(22(33)35-5-2)28-36-14(8-10-16(36)21(31)32)7-6-13-12-29(3)20-18(13)19(24)26-23(25)27-20/h8,10,12,15,28,36H,4-7,9,11H2,1-3H3,(H,31,32)(H4,24,25,26,27)/t15-/m1/s1. The van der Waals surface area contributed by atoms with E-state index in [1.165, 1.54) is 0 Å². The summed E-state index contributed by atoms with van der Waals surface area (Å²) in [6, 6.07) is -0.866. The van der Waals surface area contributed by atoms with Gasteiger partial charge in [0.25, 0.3) is 0 Å². The Bertz CT molecular complexity index is 1220. The minimum absolute atomic E-state index is 0.00290. The number of anilines is 2. The van der Waals surface area contributed by atoms with Crippen molar-refractivity contribution in [3.8, 4) is 0 Å². The Kier molecular flexibility index (Phi) is 8.93. The Labute approximate surface area is 211 Å². The maximum absolute atomic E-state index is 12.6. The molecule has 0 saturated heterocycles. The lowest BCUT2D eigenvalue weighted by molar-refractivity contribution is -0.146. The predicted octanol–water partition coefficient (Wildman–Crippen LogP) is 1.71. The Balaban J connectivity index is 1.80. The molecule has 0 saturated carbocycles. The van der Waals surface area contributed by atoms with Crippen LogP contribution in [0.5, 0.6) is 0 Å². The molecule has 0 aromatic carbocycles. The van der Waals surface area contributed by atoms with Crippen molar-refractivity contribution in [1.82, 2.24) is 19.3 Å². The van der Waals surface area contributed by atoms with Crippen molar-refractivity contribution in [2.24, 2.45) is 7.05 Å². The van der Waals surface area contributed by atoms with Gasteiger partial charge in [-0.3, -0.25) is 14.3 Å². The number of nitrogens with zero attached hydrogens (tertiary/aromatic N) is 3. The third-order valence-corrected chi connectivity index (χ3v) is 7.91. The molecule has 196 valence electrons. The first-order valence-corrected chi connectivity index (χ1v) is 12.9.